The van der Waals surface area contributed by atoms with Crippen LogP contribution in [0.4, 0.5) is 0 Å². The molecule has 0 spiro atoms. The lowest BCUT2D eigenvalue weighted by molar-refractivity contribution is 0.00578. The maximum absolute atomic E-state index is 6.24. The number of hydrogen-bond acceptors (Lipinski definition) is 3. The molecule has 0 amide bonds. The van der Waals surface area contributed by atoms with Crippen LogP contribution in [-0.4, -0.2) is 18.3 Å². The molecular weight excluding hydrogens is 355 g/mol. The zero-order valence-electron chi connectivity index (χ0n) is 13.6. The number of furan rings is 1. The Balaban J connectivity index is 1.97. The summed E-state index contributed by atoms with van der Waals surface area (Å²) >= 11 is 3.64. The Morgan fingerprint density at radius 1 is 0.826 bits per heavy atom. The Labute approximate surface area is 144 Å². The minimum Gasteiger partial charge on any atom is -0.456 e. The van der Waals surface area contributed by atoms with Gasteiger partial charge in [-0.25, -0.2) is 0 Å². The molecule has 4 rings (SSSR count). The predicted molar refractivity (Wildman–Crippen MR) is 97.1 cm³/mol. The quantitative estimate of drug-likeness (QED) is 0.583. The summed E-state index contributed by atoms with van der Waals surface area (Å²) in [4.78, 5) is 0. The van der Waals surface area contributed by atoms with Crippen LogP contribution in [-0.2, 0) is 9.31 Å². The molecular formula is C18H18BBrO3. The highest BCUT2D eigenvalue weighted by Gasteiger charge is 2.52. The van der Waals surface area contributed by atoms with Crippen molar-refractivity contribution in [2.45, 2.75) is 38.9 Å². The zero-order valence-corrected chi connectivity index (χ0v) is 15.2. The second kappa shape index (κ2) is 4.85. The number of hydrogen-bond donors (Lipinski definition) is 0. The molecule has 0 bridgehead atoms. The van der Waals surface area contributed by atoms with E-state index in [4.69, 9.17) is 13.7 Å². The molecule has 5 heteroatoms. The molecule has 1 aromatic heterocycles. The van der Waals surface area contributed by atoms with Gasteiger partial charge in [0.1, 0.15) is 11.2 Å². The fourth-order valence-electron chi connectivity index (χ4n) is 3.02. The third-order valence-corrected chi connectivity index (χ3v) is 5.67. The summed E-state index contributed by atoms with van der Waals surface area (Å²) in [5.41, 5.74) is 1.98. The third-order valence-electron chi connectivity index (χ3n) is 5.01. The van der Waals surface area contributed by atoms with Crippen LogP contribution in [0.15, 0.2) is 45.3 Å². The number of benzene rings is 2. The molecule has 0 radical (unpaired) electrons. The van der Waals surface area contributed by atoms with Gasteiger partial charge in [0.25, 0.3) is 0 Å². The monoisotopic (exact) mass is 372 g/mol. The molecule has 0 N–H and O–H groups in total. The molecule has 3 aromatic rings. The Bertz CT molecular complexity index is 897. The van der Waals surface area contributed by atoms with Crippen molar-refractivity contribution in [2.24, 2.45) is 0 Å². The average Bonchev–Trinajstić information content (AvgIpc) is 2.94. The predicted octanol–water partition coefficient (Wildman–Crippen LogP) is 4.65. The molecule has 118 valence electrons. The van der Waals surface area contributed by atoms with Crippen LogP contribution < -0.4 is 5.46 Å². The molecule has 1 fully saturated rings. The normalized spacial score (nSPS) is 19.8. The summed E-state index contributed by atoms with van der Waals surface area (Å²) < 4.78 is 19.5. The van der Waals surface area contributed by atoms with E-state index >= 15 is 0 Å². The third kappa shape index (κ3) is 2.18. The summed E-state index contributed by atoms with van der Waals surface area (Å²) in [5.74, 6) is 0. The van der Waals surface area contributed by atoms with Crippen LogP contribution in [0.1, 0.15) is 27.7 Å². The molecule has 1 aliphatic heterocycles. The highest BCUT2D eigenvalue weighted by molar-refractivity contribution is 9.10. The lowest BCUT2D eigenvalue weighted by Crippen LogP contribution is -2.41. The first-order valence-electron chi connectivity index (χ1n) is 7.75. The highest BCUT2D eigenvalue weighted by atomic mass is 79.9. The van der Waals surface area contributed by atoms with E-state index in [0.29, 0.717) is 0 Å². The van der Waals surface area contributed by atoms with Crippen molar-refractivity contribution in [3.8, 4) is 0 Å². The van der Waals surface area contributed by atoms with E-state index in [1.54, 1.807) is 0 Å². The SMILES string of the molecule is CC1(C)OB(c2cccc3oc4cccc(Br)c4c23)OC1(C)C. The van der Waals surface area contributed by atoms with E-state index in [0.717, 1.165) is 31.9 Å². The maximum atomic E-state index is 6.24. The van der Waals surface area contributed by atoms with Gasteiger partial charge < -0.3 is 13.7 Å². The van der Waals surface area contributed by atoms with Crippen molar-refractivity contribution in [3.63, 3.8) is 0 Å². The van der Waals surface area contributed by atoms with E-state index in [-0.39, 0.29) is 11.2 Å². The first kappa shape index (κ1) is 15.2. The van der Waals surface area contributed by atoms with Gasteiger partial charge >= 0.3 is 7.12 Å². The summed E-state index contributed by atoms with van der Waals surface area (Å²) in [7, 11) is -0.406. The molecule has 0 unspecified atom stereocenters. The molecule has 2 aromatic carbocycles. The van der Waals surface area contributed by atoms with Crippen molar-refractivity contribution < 1.29 is 13.7 Å². The van der Waals surface area contributed by atoms with Gasteiger partial charge in [0.2, 0.25) is 0 Å². The van der Waals surface area contributed by atoms with Crippen molar-refractivity contribution in [3.05, 3.63) is 40.9 Å². The van der Waals surface area contributed by atoms with Crippen LogP contribution in [0, 0.1) is 0 Å². The highest BCUT2D eigenvalue weighted by Crippen LogP contribution is 2.39. The van der Waals surface area contributed by atoms with Gasteiger partial charge in [-0.3, -0.25) is 0 Å². The second-order valence-corrected chi connectivity index (χ2v) is 7.88. The summed E-state index contributed by atoms with van der Waals surface area (Å²) in [5, 5.41) is 2.11. The Kier molecular flexibility index (Phi) is 3.22. The van der Waals surface area contributed by atoms with Gasteiger partial charge in [0.15, 0.2) is 0 Å². The van der Waals surface area contributed by atoms with E-state index < -0.39 is 7.12 Å². The molecule has 2 heterocycles. The van der Waals surface area contributed by atoms with Crippen molar-refractivity contribution in [1.82, 2.24) is 0 Å². The standard InChI is InChI=1S/C18H18BBrO3/c1-17(2)18(3,4)23-19(22-17)11-7-5-9-13-15(11)16-12(20)8-6-10-14(16)21-13/h5-10H,1-4H3. The minimum atomic E-state index is -0.406. The van der Waals surface area contributed by atoms with E-state index in [1.807, 2.05) is 30.3 Å². The number of rotatable bonds is 1. The Morgan fingerprint density at radius 3 is 2.04 bits per heavy atom. The minimum absolute atomic E-state index is 0.364. The van der Waals surface area contributed by atoms with Crippen molar-refractivity contribution in [2.75, 3.05) is 0 Å². The smallest absolute Gasteiger partial charge is 0.456 e. The fourth-order valence-corrected chi connectivity index (χ4v) is 3.56. The van der Waals surface area contributed by atoms with Crippen LogP contribution in [0.3, 0.4) is 0 Å². The van der Waals surface area contributed by atoms with Gasteiger partial charge in [-0.2, -0.15) is 0 Å². The molecule has 0 atom stereocenters. The number of halogens is 1. The van der Waals surface area contributed by atoms with Crippen LogP contribution in [0.25, 0.3) is 21.9 Å². The van der Waals surface area contributed by atoms with Gasteiger partial charge in [-0.1, -0.05) is 34.1 Å². The summed E-state index contributed by atoms with van der Waals surface area (Å²) in [6.45, 7) is 8.26. The van der Waals surface area contributed by atoms with E-state index in [2.05, 4.69) is 49.7 Å². The lowest BCUT2D eigenvalue weighted by Gasteiger charge is -2.32. The topological polar surface area (TPSA) is 31.6 Å². The largest absolute Gasteiger partial charge is 0.495 e. The fraction of sp³-hybridized carbons (Fsp3) is 0.333. The second-order valence-electron chi connectivity index (χ2n) is 7.02. The lowest BCUT2D eigenvalue weighted by atomic mass is 9.76. The Hall–Kier alpha value is -1.30. The first-order chi connectivity index (χ1) is 10.8. The molecule has 0 saturated carbocycles. The number of fused-ring (bicyclic) bond motifs is 3. The summed E-state index contributed by atoms with van der Waals surface area (Å²) in [6.07, 6.45) is 0. The Morgan fingerprint density at radius 2 is 1.39 bits per heavy atom. The zero-order chi connectivity index (χ0) is 16.4. The molecule has 0 aliphatic carbocycles. The van der Waals surface area contributed by atoms with Crippen molar-refractivity contribution in [1.29, 1.82) is 0 Å². The molecule has 1 aliphatic rings. The van der Waals surface area contributed by atoms with Gasteiger partial charge in [0, 0.05) is 15.2 Å². The molecule has 3 nitrogen and oxygen atoms in total. The van der Waals surface area contributed by atoms with Crippen LogP contribution in [0.5, 0.6) is 0 Å². The maximum Gasteiger partial charge on any atom is 0.495 e. The van der Waals surface area contributed by atoms with Crippen molar-refractivity contribution >= 4 is 50.4 Å². The average molecular weight is 373 g/mol. The molecule has 1 saturated heterocycles. The van der Waals surface area contributed by atoms with E-state index in [1.165, 1.54) is 0 Å². The van der Waals surface area contributed by atoms with Gasteiger partial charge in [0.05, 0.1) is 11.2 Å². The van der Waals surface area contributed by atoms with Crippen LogP contribution >= 0.6 is 15.9 Å². The first-order valence-corrected chi connectivity index (χ1v) is 8.55. The summed E-state index contributed by atoms with van der Waals surface area (Å²) in [6, 6.07) is 12.0. The van der Waals surface area contributed by atoms with Gasteiger partial charge in [-0.05, 0) is 51.4 Å². The van der Waals surface area contributed by atoms with E-state index in [9.17, 15) is 0 Å². The van der Waals surface area contributed by atoms with Gasteiger partial charge in [-0.15, -0.1) is 0 Å². The van der Waals surface area contributed by atoms with Crippen LogP contribution in [0.2, 0.25) is 0 Å². The molecule has 23 heavy (non-hydrogen) atoms.